The summed E-state index contributed by atoms with van der Waals surface area (Å²) in [5, 5.41) is 14.1. The van der Waals surface area contributed by atoms with Gasteiger partial charge in [-0.3, -0.25) is 9.78 Å². The molecule has 1 aromatic carbocycles. The topological polar surface area (TPSA) is 84.3 Å². The van der Waals surface area contributed by atoms with E-state index in [9.17, 15) is 9.90 Å². The van der Waals surface area contributed by atoms with Gasteiger partial charge < -0.3 is 15.2 Å². The number of ether oxygens (including phenoxy) is 1. The fourth-order valence-electron chi connectivity index (χ4n) is 3.82. The Hall–Kier alpha value is -2.51. The van der Waals surface area contributed by atoms with E-state index >= 15 is 0 Å². The quantitative estimate of drug-likeness (QED) is 0.572. The van der Waals surface area contributed by atoms with E-state index in [0.717, 1.165) is 47.3 Å². The molecule has 158 valence electrons. The van der Waals surface area contributed by atoms with E-state index in [1.54, 1.807) is 29.7 Å². The molecule has 0 unspecified atom stereocenters. The molecule has 7 heteroatoms. The third-order valence-electron chi connectivity index (χ3n) is 5.45. The molecular weight excluding hydrogens is 398 g/mol. The van der Waals surface area contributed by atoms with Crippen LogP contribution < -0.4 is 10.1 Å². The summed E-state index contributed by atoms with van der Waals surface area (Å²) in [6.07, 6.45) is 7.36. The molecule has 0 bridgehead atoms. The molecule has 0 saturated heterocycles. The highest BCUT2D eigenvalue weighted by molar-refractivity contribution is 7.18. The van der Waals surface area contributed by atoms with E-state index in [1.807, 2.05) is 25.1 Å². The minimum absolute atomic E-state index is 0.199. The van der Waals surface area contributed by atoms with Crippen LogP contribution in [-0.4, -0.2) is 33.6 Å². The van der Waals surface area contributed by atoms with E-state index in [4.69, 9.17) is 9.72 Å². The van der Waals surface area contributed by atoms with Crippen LogP contribution in [0, 0.1) is 5.92 Å². The van der Waals surface area contributed by atoms with Crippen LogP contribution in [0.2, 0.25) is 0 Å². The lowest BCUT2D eigenvalue weighted by Crippen LogP contribution is -2.26. The Kier molecular flexibility index (Phi) is 6.59. The van der Waals surface area contributed by atoms with Gasteiger partial charge in [0.1, 0.15) is 17.2 Å². The number of pyridine rings is 1. The highest BCUT2D eigenvalue weighted by Gasteiger charge is 2.24. The monoisotopic (exact) mass is 425 g/mol. The number of hydrogen-bond acceptors (Lipinski definition) is 6. The largest absolute Gasteiger partial charge is 0.457 e. The number of carbonyl (C=O) groups excluding carboxylic acids is 1. The fraction of sp³-hybridized carbons (Fsp3) is 0.435. The van der Waals surface area contributed by atoms with E-state index in [0.29, 0.717) is 29.7 Å². The zero-order valence-corrected chi connectivity index (χ0v) is 18.0. The van der Waals surface area contributed by atoms with E-state index < -0.39 is 0 Å². The van der Waals surface area contributed by atoms with Gasteiger partial charge in [-0.05, 0) is 43.4 Å². The molecule has 2 atom stereocenters. The van der Waals surface area contributed by atoms with E-state index in [1.165, 1.54) is 6.42 Å². The molecule has 2 N–H and O–H groups in total. The number of aromatic nitrogens is 2. The van der Waals surface area contributed by atoms with Gasteiger partial charge in [0.25, 0.3) is 5.91 Å². The number of thiazole rings is 1. The molecule has 1 aliphatic carbocycles. The standard InChI is InChI=1S/C23H27N3O3S/c1-2-10-25-23(28)19-13-17(9-11-24-19)29-16-7-8-18-21(14-16)30-22(26-18)12-15-5-3-4-6-20(15)27/h7-9,11,13-15,20,27H,2-6,10,12H2,1H3,(H,25,28)/t15-,20+/m0/s1. The van der Waals surface area contributed by atoms with Crippen molar-refractivity contribution in [1.82, 2.24) is 15.3 Å². The fourth-order valence-corrected chi connectivity index (χ4v) is 4.91. The van der Waals surface area contributed by atoms with Crippen LogP contribution in [0.15, 0.2) is 36.5 Å². The second-order valence-corrected chi connectivity index (χ2v) is 8.90. The molecule has 0 aliphatic heterocycles. The van der Waals surface area contributed by atoms with Gasteiger partial charge in [-0.1, -0.05) is 19.8 Å². The summed E-state index contributed by atoms with van der Waals surface area (Å²) in [6, 6.07) is 9.21. The molecule has 6 nitrogen and oxygen atoms in total. The van der Waals surface area contributed by atoms with Gasteiger partial charge in [0.15, 0.2) is 0 Å². The summed E-state index contributed by atoms with van der Waals surface area (Å²) in [4.78, 5) is 21.0. The lowest BCUT2D eigenvalue weighted by molar-refractivity contribution is 0.0700. The van der Waals surface area contributed by atoms with Crippen molar-refractivity contribution < 1.29 is 14.6 Å². The van der Waals surface area contributed by atoms with Gasteiger partial charge in [0.2, 0.25) is 0 Å². The first kappa shape index (κ1) is 20.8. The number of amides is 1. The van der Waals surface area contributed by atoms with Crippen LogP contribution in [0.4, 0.5) is 0 Å². The van der Waals surface area contributed by atoms with Crippen molar-refractivity contribution in [3.63, 3.8) is 0 Å². The number of rotatable bonds is 7. The first-order valence-corrected chi connectivity index (χ1v) is 11.4. The van der Waals surface area contributed by atoms with Crippen molar-refractivity contribution in [2.24, 2.45) is 5.92 Å². The van der Waals surface area contributed by atoms with E-state index in [-0.39, 0.29) is 12.0 Å². The molecule has 4 rings (SSSR count). The third-order valence-corrected chi connectivity index (χ3v) is 6.49. The maximum absolute atomic E-state index is 12.1. The minimum Gasteiger partial charge on any atom is -0.457 e. The van der Waals surface area contributed by atoms with Crippen molar-refractivity contribution in [2.45, 2.75) is 51.6 Å². The van der Waals surface area contributed by atoms with Crippen LogP contribution in [0.3, 0.4) is 0 Å². The lowest BCUT2D eigenvalue weighted by Gasteiger charge is -2.26. The molecule has 0 radical (unpaired) electrons. The Morgan fingerprint density at radius 2 is 2.07 bits per heavy atom. The summed E-state index contributed by atoms with van der Waals surface area (Å²) in [6.45, 7) is 2.62. The summed E-state index contributed by atoms with van der Waals surface area (Å²) < 4.78 is 7.04. The van der Waals surface area contributed by atoms with Crippen molar-refractivity contribution in [1.29, 1.82) is 0 Å². The highest BCUT2D eigenvalue weighted by atomic mass is 32.1. The second-order valence-electron chi connectivity index (χ2n) is 7.79. The molecule has 30 heavy (non-hydrogen) atoms. The van der Waals surface area contributed by atoms with Gasteiger partial charge in [-0.25, -0.2) is 4.98 Å². The number of fused-ring (bicyclic) bond motifs is 1. The number of benzene rings is 1. The number of nitrogens with zero attached hydrogens (tertiary/aromatic N) is 2. The minimum atomic E-state index is -0.208. The summed E-state index contributed by atoms with van der Waals surface area (Å²) >= 11 is 1.66. The first-order valence-electron chi connectivity index (χ1n) is 10.6. The molecule has 3 aromatic rings. The number of nitrogens with one attached hydrogen (secondary N) is 1. The summed E-state index contributed by atoms with van der Waals surface area (Å²) in [5.74, 6) is 1.38. The van der Waals surface area contributed by atoms with Crippen molar-refractivity contribution in [2.75, 3.05) is 6.54 Å². The Bertz CT molecular complexity index is 1020. The Balaban J connectivity index is 1.47. The van der Waals surface area contributed by atoms with Gasteiger partial charge >= 0.3 is 0 Å². The van der Waals surface area contributed by atoms with Crippen molar-refractivity contribution in [3.8, 4) is 11.5 Å². The molecular formula is C23H27N3O3S. The predicted molar refractivity (Wildman–Crippen MR) is 118 cm³/mol. The maximum Gasteiger partial charge on any atom is 0.270 e. The normalized spacial score (nSPS) is 19.0. The predicted octanol–water partition coefficient (Wildman–Crippen LogP) is 4.72. The molecule has 1 aliphatic rings. The summed E-state index contributed by atoms with van der Waals surface area (Å²) in [7, 11) is 0. The highest BCUT2D eigenvalue weighted by Crippen LogP contribution is 2.33. The SMILES string of the molecule is CCCNC(=O)c1cc(Oc2ccc3nc(C[C@@H]4CCCC[C@H]4O)sc3c2)ccn1. The molecule has 1 amide bonds. The Labute approximate surface area is 180 Å². The average molecular weight is 426 g/mol. The Morgan fingerprint density at radius 1 is 1.23 bits per heavy atom. The number of hydrogen-bond donors (Lipinski definition) is 2. The number of carbonyl (C=O) groups is 1. The Morgan fingerprint density at radius 3 is 2.90 bits per heavy atom. The molecule has 1 saturated carbocycles. The third kappa shape index (κ3) is 4.96. The molecule has 2 heterocycles. The first-order chi connectivity index (χ1) is 14.6. The maximum atomic E-state index is 12.1. The van der Waals surface area contributed by atoms with Crippen LogP contribution in [-0.2, 0) is 6.42 Å². The molecule has 2 aromatic heterocycles. The van der Waals surface area contributed by atoms with Gasteiger partial charge in [-0.15, -0.1) is 11.3 Å². The van der Waals surface area contributed by atoms with E-state index in [2.05, 4.69) is 10.3 Å². The molecule has 0 spiro atoms. The van der Waals surface area contributed by atoms with Gasteiger partial charge in [0.05, 0.1) is 21.3 Å². The summed E-state index contributed by atoms with van der Waals surface area (Å²) in [5.41, 5.74) is 1.29. The average Bonchev–Trinajstić information content (AvgIpc) is 3.15. The van der Waals surface area contributed by atoms with Crippen LogP contribution in [0.1, 0.15) is 54.5 Å². The van der Waals surface area contributed by atoms with Crippen LogP contribution in [0.5, 0.6) is 11.5 Å². The van der Waals surface area contributed by atoms with Gasteiger partial charge in [0, 0.05) is 31.3 Å². The van der Waals surface area contributed by atoms with Gasteiger partial charge in [-0.2, -0.15) is 0 Å². The second kappa shape index (κ2) is 9.53. The smallest absolute Gasteiger partial charge is 0.270 e. The van der Waals surface area contributed by atoms with Crippen LogP contribution in [0.25, 0.3) is 10.2 Å². The molecule has 1 fully saturated rings. The zero-order chi connectivity index (χ0) is 20.9. The lowest BCUT2D eigenvalue weighted by atomic mass is 9.84. The zero-order valence-electron chi connectivity index (χ0n) is 17.1. The number of aliphatic hydroxyl groups excluding tert-OH is 1. The van der Waals surface area contributed by atoms with Crippen molar-refractivity contribution >= 4 is 27.5 Å². The number of aliphatic hydroxyl groups is 1. The van der Waals surface area contributed by atoms with Crippen LogP contribution >= 0.6 is 11.3 Å². The van der Waals surface area contributed by atoms with Crippen molar-refractivity contribution in [3.05, 3.63) is 47.2 Å².